The lowest BCUT2D eigenvalue weighted by Gasteiger charge is -2.39. The summed E-state index contributed by atoms with van der Waals surface area (Å²) in [6.07, 6.45) is 6.00. The van der Waals surface area contributed by atoms with Gasteiger partial charge in [-0.2, -0.15) is 4.98 Å². The molecule has 9 heteroatoms. The van der Waals surface area contributed by atoms with Crippen LogP contribution in [0.25, 0.3) is 10.3 Å². The number of benzene rings is 1. The fourth-order valence-corrected chi connectivity index (χ4v) is 4.78. The van der Waals surface area contributed by atoms with E-state index in [-0.39, 0.29) is 6.04 Å². The largest absolute Gasteiger partial charge is 0.490 e. The third-order valence-electron chi connectivity index (χ3n) is 5.44. The maximum Gasteiger partial charge on any atom is 0.209 e. The molecule has 0 N–H and O–H groups in total. The van der Waals surface area contributed by atoms with E-state index >= 15 is 0 Å². The second-order valence-electron chi connectivity index (χ2n) is 7.71. The highest BCUT2D eigenvalue weighted by Gasteiger charge is 2.29. The SMILES string of the molecule is O=CN1CCN(c2nc3ncc(OCc4ccccc4)cc3s2)C(COc2cccnc2)C1. The molecule has 1 amide bonds. The van der Waals surface area contributed by atoms with E-state index in [1.165, 1.54) is 0 Å². The van der Waals surface area contributed by atoms with Crippen molar-refractivity contribution >= 4 is 33.2 Å². The minimum absolute atomic E-state index is 0.0291. The number of carbonyl (C=O) groups is 1. The van der Waals surface area contributed by atoms with E-state index in [0.717, 1.165) is 21.8 Å². The molecular formula is C24H23N5O3S. The molecule has 5 rings (SSSR count). The van der Waals surface area contributed by atoms with E-state index in [9.17, 15) is 4.79 Å². The third kappa shape index (κ3) is 5.04. The first-order valence-electron chi connectivity index (χ1n) is 10.7. The number of hydrogen-bond acceptors (Lipinski definition) is 8. The highest BCUT2D eigenvalue weighted by atomic mass is 32.1. The van der Waals surface area contributed by atoms with Crippen molar-refractivity contribution < 1.29 is 14.3 Å². The highest BCUT2D eigenvalue weighted by Crippen LogP contribution is 2.32. The summed E-state index contributed by atoms with van der Waals surface area (Å²) in [7, 11) is 0. The number of piperazine rings is 1. The first kappa shape index (κ1) is 21.1. The molecular weight excluding hydrogens is 438 g/mol. The van der Waals surface area contributed by atoms with Gasteiger partial charge in [-0.25, -0.2) is 4.98 Å². The van der Waals surface area contributed by atoms with E-state index in [1.807, 2.05) is 48.5 Å². The minimum Gasteiger partial charge on any atom is -0.490 e. The van der Waals surface area contributed by atoms with Gasteiger partial charge in [-0.15, -0.1) is 0 Å². The van der Waals surface area contributed by atoms with Gasteiger partial charge in [-0.3, -0.25) is 9.78 Å². The van der Waals surface area contributed by atoms with E-state index in [1.54, 1.807) is 34.8 Å². The van der Waals surface area contributed by atoms with Crippen LogP contribution < -0.4 is 14.4 Å². The molecule has 33 heavy (non-hydrogen) atoms. The molecule has 1 unspecified atom stereocenters. The lowest BCUT2D eigenvalue weighted by atomic mass is 10.2. The summed E-state index contributed by atoms with van der Waals surface area (Å²) in [4.78, 5) is 28.7. The Hall–Kier alpha value is -3.72. The normalized spacial score (nSPS) is 16.1. The summed E-state index contributed by atoms with van der Waals surface area (Å²) in [6, 6.07) is 15.7. The standard InChI is InChI=1S/C24H23N5O3S/c30-17-28-9-10-29(19(14-28)16-32-20-7-4-8-25-12-20)24-27-23-22(33-24)11-21(13-26-23)31-15-18-5-2-1-3-6-18/h1-8,11-13,17,19H,9-10,14-16H2. The molecule has 1 fully saturated rings. The number of fused-ring (bicyclic) bond motifs is 1. The van der Waals surface area contributed by atoms with Crippen LogP contribution in [0.5, 0.6) is 11.5 Å². The van der Waals surface area contributed by atoms with Crippen molar-refractivity contribution in [2.75, 3.05) is 31.1 Å². The first-order chi connectivity index (χ1) is 16.3. The molecule has 0 aliphatic carbocycles. The van der Waals surface area contributed by atoms with Gasteiger partial charge in [-0.05, 0) is 17.7 Å². The fourth-order valence-electron chi connectivity index (χ4n) is 3.73. The molecule has 1 aliphatic rings. The van der Waals surface area contributed by atoms with Crippen molar-refractivity contribution in [1.82, 2.24) is 19.9 Å². The van der Waals surface area contributed by atoms with Crippen molar-refractivity contribution in [3.63, 3.8) is 0 Å². The molecule has 0 spiro atoms. The van der Waals surface area contributed by atoms with Crippen LogP contribution in [-0.2, 0) is 11.4 Å². The zero-order valence-electron chi connectivity index (χ0n) is 17.9. The Balaban J connectivity index is 1.32. The van der Waals surface area contributed by atoms with Crippen molar-refractivity contribution in [3.8, 4) is 11.5 Å². The average molecular weight is 462 g/mol. The lowest BCUT2D eigenvalue weighted by molar-refractivity contribution is -0.119. The molecule has 1 saturated heterocycles. The number of anilines is 1. The summed E-state index contributed by atoms with van der Waals surface area (Å²) in [5.74, 6) is 1.41. The second-order valence-corrected chi connectivity index (χ2v) is 8.72. The van der Waals surface area contributed by atoms with Crippen LogP contribution in [-0.4, -0.2) is 58.5 Å². The van der Waals surface area contributed by atoms with E-state index in [2.05, 4.69) is 14.9 Å². The van der Waals surface area contributed by atoms with Gasteiger partial charge < -0.3 is 19.3 Å². The number of carbonyl (C=O) groups excluding carboxylic acids is 1. The summed E-state index contributed by atoms with van der Waals surface area (Å²) in [5, 5.41) is 0.864. The van der Waals surface area contributed by atoms with Gasteiger partial charge in [0.2, 0.25) is 6.41 Å². The first-order valence-corrected chi connectivity index (χ1v) is 11.5. The predicted octanol–water partition coefficient (Wildman–Crippen LogP) is 3.39. The molecule has 4 aromatic rings. The maximum atomic E-state index is 11.4. The van der Waals surface area contributed by atoms with Crippen LogP contribution in [0.1, 0.15) is 5.56 Å². The average Bonchev–Trinajstić information content (AvgIpc) is 3.30. The summed E-state index contributed by atoms with van der Waals surface area (Å²) in [6.45, 7) is 2.79. The number of nitrogens with zero attached hydrogens (tertiary/aromatic N) is 5. The van der Waals surface area contributed by atoms with Gasteiger partial charge in [0.1, 0.15) is 24.7 Å². The molecule has 1 aromatic carbocycles. The third-order valence-corrected chi connectivity index (χ3v) is 6.47. The highest BCUT2D eigenvalue weighted by molar-refractivity contribution is 7.22. The van der Waals surface area contributed by atoms with Crippen LogP contribution in [0, 0.1) is 0 Å². The molecule has 1 aliphatic heterocycles. The number of ether oxygens (including phenoxy) is 2. The second kappa shape index (κ2) is 9.83. The number of pyridine rings is 2. The summed E-state index contributed by atoms with van der Waals surface area (Å²) >= 11 is 1.57. The number of rotatable bonds is 8. The number of amides is 1. The zero-order chi connectivity index (χ0) is 22.5. The van der Waals surface area contributed by atoms with Gasteiger partial charge in [0.15, 0.2) is 10.8 Å². The Labute approximate surface area is 195 Å². The van der Waals surface area contributed by atoms with E-state index < -0.39 is 0 Å². The fraction of sp³-hybridized carbons (Fsp3) is 0.250. The van der Waals surface area contributed by atoms with Crippen LogP contribution in [0.15, 0.2) is 67.1 Å². The Morgan fingerprint density at radius 3 is 2.79 bits per heavy atom. The Kier molecular flexibility index (Phi) is 6.30. The van der Waals surface area contributed by atoms with E-state index in [0.29, 0.717) is 50.0 Å². The molecule has 3 aromatic heterocycles. The Bertz CT molecular complexity index is 1200. The maximum absolute atomic E-state index is 11.4. The topological polar surface area (TPSA) is 80.7 Å². The van der Waals surface area contributed by atoms with Gasteiger partial charge in [0.25, 0.3) is 0 Å². The molecule has 1 atom stereocenters. The van der Waals surface area contributed by atoms with E-state index in [4.69, 9.17) is 14.5 Å². The quantitative estimate of drug-likeness (QED) is 0.372. The van der Waals surface area contributed by atoms with Gasteiger partial charge in [-0.1, -0.05) is 41.7 Å². The van der Waals surface area contributed by atoms with Crippen molar-refractivity contribution in [2.24, 2.45) is 0 Å². The predicted molar refractivity (Wildman–Crippen MR) is 127 cm³/mol. The van der Waals surface area contributed by atoms with Crippen molar-refractivity contribution in [3.05, 3.63) is 72.7 Å². The van der Waals surface area contributed by atoms with Crippen molar-refractivity contribution in [2.45, 2.75) is 12.6 Å². The van der Waals surface area contributed by atoms with Gasteiger partial charge in [0.05, 0.1) is 23.1 Å². The number of thiazole rings is 1. The van der Waals surface area contributed by atoms with Crippen LogP contribution >= 0.6 is 11.3 Å². The minimum atomic E-state index is -0.0291. The van der Waals surface area contributed by atoms with Crippen LogP contribution in [0.4, 0.5) is 5.13 Å². The summed E-state index contributed by atoms with van der Waals surface area (Å²) < 4.78 is 12.8. The number of aromatic nitrogens is 3. The zero-order valence-corrected chi connectivity index (χ0v) is 18.7. The monoisotopic (exact) mass is 461 g/mol. The molecule has 0 bridgehead atoms. The Morgan fingerprint density at radius 1 is 1.06 bits per heavy atom. The summed E-state index contributed by atoms with van der Waals surface area (Å²) in [5.41, 5.74) is 1.79. The molecule has 168 valence electrons. The van der Waals surface area contributed by atoms with Gasteiger partial charge in [0, 0.05) is 31.9 Å². The molecule has 4 heterocycles. The van der Waals surface area contributed by atoms with Crippen LogP contribution in [0.3, 0.4) is 0 Å². The molecule has 8 nitrogen and oxygen atoms in total. The smallest absolute Gasteiger partial charge is 0.209 e. The Morgan fingerprint density at radius 2 is 1.97 bits per heavy atom. The number of hydrogen-bond donors (Lipinski definition) is 0. The van der Waals surface area contributed by atoms with Crippen LogP contribution in [0.2, 0.25) is 0 Å². The van der Waals surface area contributed by atoms with Crippen molar-refractivity contribution in [1.29, 1.82) is 0 Å². The lowest BCUT2D eigenvalue weighted by Crippen LogP contribution is -2.55. The van der Waals surface area contributed by atoms with Gasteiger partial charge >= 0.3 is 0 Å². The molecule has 0 saturated carbocycles. The molecule has 0 radical (unpaired) electrons.